The van der Waals surface area contributed by atoms with Gasteiger partial charge in [-0.05, 0) is 26.0 Å². The standard InChI is InChI=1S/C14H19ClN2O2/c1-4-17(5-2)14(19)9-16(3)13-8-6-7-12(15)11(13)10-18/h6-8,10H,4-5,9H2,1-3H3. The molecule has 0 heterocycles. The van der Waals surface area contributed by atoms with E-state index in [1.165, 1.54) is 0 Å². The molecule has 0 saturated heterocycles. The molecule has 0 aliphatic heterocycles. The first-order valence-corrected chi connectivity index (χ1v) is 6.65. The Morgan fingerprint density at radius 2 is 1.95 bits per heavy atom. The van der Waals surface area contributed by atoms with Crippen LogP contribution in [0.5, 0.6) is 0 Å². The number of carbonyl (C=O) groups excluding carboxylic acids is 2. The summed E-state index contributed by atoms with van der Waals surface area (Å²) in [5.74, 6) is 0.0318. The van der Waals surface area contributed by atoms with Crippen LogP contribution in [0.3, 0.4) is 0 Å². The largest absolute Gasteiger partial charge is 0.365 e. The van der Waals surface area contributed by atoms with Gasteiger partial charge in [-0.15, -0.1) is 0 Å². The fourth-order valence-corrected chi connectivity index (χ4v) is 2.15. The van der Waals surface area contributed by atoms with E-state index < -0.39 is 0 Å². The third-order valence-corrected chi connectivity index (χ3v) is 3.38. The zero-order valence-corrected chi connectivity index (χ0v) is 12.3. The molecular weight excluding hydrogens is 264 g/mol. The zero-order valence-electron chi connectivity index (χ0n) is 11.5. The van der Waals surface area contributed by atoms with E-state index in [9.17, 15) is 9.59 Å². The third kappa shape index (κ3) is 3.70. The molecule has 0 atom stereocenters. The molecule has 0 bridgehead atoms. The molecule has 1 amide bonds. The Balaban J connectivity index is 2.90. The minimum absolute atomic E-state index is 0.0318. The van der Waals surface area contributed by atoms with Gasteiger partial charge < -0.3 is 9.80 Å². The van der Waals surface area contributed by atoms with Crippen molar-refractivity contribution in [3.63, 3.8) is 0 Å². The molecule has 104 valence electrons. The first kappa shape index (κ1) is 15.5. The van der Waals surface area contributed by atoms with Crippen molar-refractivity contribution in [1.29, 1.82) is 0 Å². The second-order valence-electron chi connectivity index (χ2n) is 4.21. The molecule has 5 heteroatoms. The number of nitrogens with zero attached hydrogens (tertiary/aromatic N) is 2. The molecule has 0 unspecified atom stereocenters. The van der Waals surface area contributed by atoms with E-state index in [1.807, 2.05) is 13.8 Å². The maximum atomic E-state index is 12.0. The highest BCUT2D eigenvalue weighted by atomic mass is 35.5. The number of amides is 1. The lowest BCUT2D eigenvalue weighted by molar-refractivity contribution is -0.129. The average Bonchev–Trinajstić information content (AvgIpc) is 2.39. The van der Waals surface area contributed by atoms with E-state index >= 15 is 0 Å². The van der Waals surface area contributed by atoms with Crippen molar-refractivity contribution in [1.82, 2.24) is 4.90 Å². The van der Waals surface area contributed by atoms with Crippen molar-refractivity contribution in [3.05, 3.63) is 28.8 Å². The van der Waals surface area contributed by atoms with Crippen molar-refractivity contribution in [3.8, 4) is 0 Å². The highest BCUT2D eigenvalue weighted by Crippen LogP contribution is 2.25. The molecule has 19 heavy (non-hydrogen) atoms. The second-order valence-corrected chi connectivity index (χ2v) is 4.62. The highest BCUT2D eigenvalue weighted by Gasteiger charge is 2.16. The number of carbonyl (C=O) groups is 2. The topological polar surface area (TPSA) is 40.6 Å². The van der Waals surface area contributed by atoms with E-state index in [-0.39, 0.29) is 12.5 Å². The summed E-state index contributed by atoms with van der Waals surface area (Å²) < 4.78 is 0. The number of rotatable bonds is 6. The predicted octanol–water partition coefficient (Wildman–Crippen LogP) is 2.46. The van der Waals surface area contributed by atoms with Crippen molar-refractivity contribution >= 4 is 29.5 Å². The summed E-state index contributed by atoms with van der Waals surface area (Å²) in [6.45, 7) is 5.47. The van der Waals surface area contributed by atoms with Crippen molar-refractivity contribution in [2.75, 3.05) is 31.6 Å². The maximum Gasteiger partial charge on any atom is 0.242 e. The molecule has 0 aliphatic rings. The quantitative estimate of drug-likeness (QED) is 0.753. The van der Waals surface area contributed by atoms with E-state index in [2.05, 4.69) is 0 Å². The van der Waals surface area contributed by atoms with Gasteiger partial charge in [-0.25, -0.2) is 0 Å². The summed E-state index contributed by atoms with van der Waals surface area (Å²) in [7, 11) is 1.78. The summed E-state index contributed by atoms with van der Waals surface area (Å²) in [5.41, 5.74) is 1.09. The Bertz CT molecular complexity index is 459. The summed E-state index contributed by atoms with van der Waals surface area (Å²) >= 11 is 5.97. The van der Waals surface area contributed by atoms with Crippen LogP contribution in [-0.2, 0) is 4.79 Å². The van der Waals surface area contributed by atoms with Gasteiger partial charge >= 0.3 is 0 Å². The predicted molar refractivity (Wildman–Crippen MR) is 78.0 cm³/mol. The van der Waals surface area contributed by atoms with Crippen LogP contribution < -0.4 is 4.90 Å². The van der Waals surface area contributed by atoms with Crippen molar-refractivity contribution in [2.24, 2.45) is 0 Å². The number of hydrogen-bond acceptors (Lipinski definition) is 3. The molecule has 4 nitrogen and oxygen atoms in total. The Morgan fingerprint density at radius 1 is 1.32 bits per heavy atom. The normalized spacial score (nSPS) is 10.1. The van der Waals surface area contributed by atoms with Crippen molar-refractivity contribution < 1.29 is 9.59 Å². The summed E-state index contributed by atoms with van der Waals surface area (Å²) in [4.78, 5) is 26.6. The van der Waals surface area contributed by atoms with Gasteiger partial charge in [0.25, 0.3) is 0 Å². The van der Waals surface area contributed by atoms with Crippen molar-refractivity contribution in [2.45, 2.75) is 13.8 Å². The van der Waals surface area contributed by atoms with Gasteiger partial charge in [0.15, 0.2) is 6.29 Å². The van der Waals surface area contributed by atoms with Gasteiger partial charge in [0.1, 0.15) is 0 Å². The smallest absolute Gasteiger partial charge is 0.242 e. The summed E-state index contributed by atoms with van der Waals surface area (Å²) in [5, 5.41) is 0.398. The molecule has 0 spiro atoms. The van der Waals surface area contributed by atoms with E-state index in [0.717, 1.165) is 6.29 Å². The van der Waals surface area contributed by atoms with E-state index in [4.69, 9.17) is 11.6 Å². The number of anilines is 1. The molecule has 0 fully saturated rings. The average molecular weight is 283 g/mol. The van der Waals surface area contributed by atoms with E-state index in [0.29, 0.717) is 29.4 Å². The second kappa shape index (κ2) is 7.14. The molecule has 0 saturated carbocycles. The maximum absolute atomic E-state index is 12.0. The van der Waals surface area contributed by atoms with E-state index in [1.54, 1.807) is 35.0 Å². The lowest BCUT2D eigenvalue weighted by Crippen LogP contribution is -2.39. The monoisotopic (exact) mass is 282 g/mol. The van der Waals surface area contributed by atoms with Gasteiger partial charge in [-0.1, -0.05) is 17.7 Å². The summed E-state index contributed by atoms with van der Waals surface area (Å²) in [6, 6.07) is 5.21. The Morgan fingerprint density at radius 3 is 2.47 bits per heavy atom. The third-order valence-electron chi connectivity index (χ3n) is 3.05. The lowest BCUT2D eigenvalue weighted by atomic mass is 10.2. The van der Waals surface area contributed by atoms with Crippen LogP contribution in [0, 0.1) is 0 Å². The Hall–Kier alpha value is -1.55. The minimum atomic E-state index is 0.0318. The first-order chi connectivity index (χ1) is 9.04. The van der Waals surface area contributed by atoms with Crippen LogP contribution in [0.2, 0.25) is 5.02 Å². The van der Waals surface area contributed by atoms with Crippen LogP contribution in [-0.4, -0.2) is 43.8 Å². The number of halogens is 1. The fourth-order valence-electron chi connectivity index (χ4n) is 1.94. The summed E-state index contributed by atoms with van der Waals surface area (Å²) in [6.07, 6.45) is 0.718. The Kier molecular flexibility index (Phi) is 5.83. The molecular formula is C14H19ClN2O2. The number of hydrogen-bond donors (Lipinski definition) is 0. The van der Waals surface area contributed by atoms with Crippen LogP contribution >= 0.6 is 11.6 Å². The first-order valence-electron chi connectivity index (χ1n) is 6.27. The van der Waals surface area contributed by atoms with Crippen LogP contribution in [0.1, 0.15) is 24.2 Å². The van der Waals surface area contributed by atoms with Crippen LogP contribution in [0.4, 0.5) is 5.69 Å². The molecule has 1 rings (SSSR count). The van der Waals surface area contributed by atoms with Crippen LogP contribution in [0.15, 0.2) is 18.2 Å². The SMILES string of the molecule is CCN(CC)C(=O)CN(C)c1cccc(Cl)c1C=O. The molecule has 0 N–H and O–H groups in total. The molecule has 0 aromatic heterocycles. The molecule has 1 aromatic carbocycles. The van der Waals surface area contributed by atoms with Gasteiger partial charge in [0.2, 0.25) is 5.91 Å². The van der Waals surface area contributed by atoms with Gasteiger partial charge in [0.05, 0.1) is 17.1 Å². The van der Waals surface area contributed by atoms with Crippen LogP contribution in [0.25, 0.3) is 0 Å². The lowest BCUT2D eigenvalue weighted by Gasteiger charge is -2.25. The van der Waals surface area contributed by atoms with Gasteiger partial charge in [-0.3, -0.25) is 9.59 Å². The van der Waals surface area contributed by atoms with Gasteiger partial charge in [0, 0.05) is 25.8 Å². The minimum Gasteiger partial charge on any atom is -0.365 e. The fraction of sp³-hybridized carbons (Fsp3) is 0.429. The zero-order chi connectivity index (χ0) is 14.4. The van der Waals surface area contributed by atoms with Gasteiger partial charge in [-0.2, -0.15) is 0 Å². The number of aldehydes is 1. The number of likely N-dealkylation sites (N-methyl/N-ethyl adjacent to an activating group) is 2. The number of benzene rings is 1. The molecule has 0 radical (unpaired) electrons. The highest BCUT2D eigenvalue weighted by molar-refractivity contribution is 6.33. The molecule has 0 aliphatic carbocycles. The Labute approximate surface area is 118 Å². The molecule has 1 aromatic rings.